The molecule has 2 rings (SSSR count). The second kappa shape index (κ2) is 7.15. The summed E-state index contributed by atoms with van der Waals surface area (Å²) in [6, 6.07) is 5.35. The highest BCUT2D eigenvalue weighted by molar-refractivity contribution is 7.99. The van der Waals surface area contributed by atoms with Crippen LogP contribution in [-0.4, -0.2) is 29.7 Å². The summed E-state index contributed by atoms with van der Waals surface area (Å²) in [6.07, 6.45) is 0.488. The van der Waals surface area contributed by atoms with E-state index in [1.54, 1.807) is 23.9 Å². The lowest BCUT2D eigenvalue weighted by Crippen LogP contribution is -2.45. The number of carbonyl (C=O) groups is 2. The number of nitrogens with one attached hydrogen (secondary N) is 2. The number of anilines is 1. The zero-order valence-corrected chi connectivity index (χ0v) is 13.7. The molecule has 0 saturated heterocycles. The molecule has 0 saturated carbocycles. The van der Waals surface area contributed by atoms with Gasteiger partial charge in [0.05, 0.1) is 5.69 Å². The Morgan fingerprint density at radius 1 is 1.48 bits per heavy atom. The average Bonchev–Trinajstić information content (AvgIpc) is 2.54. The molecule has 1 aliphatic heterocycles. The molecule has 1 aromatic carbocycles. The molecular formula is C14H20ClN3O2S. The van der Waals surface area contributed by atoms with Gasteiger partial charge in [-0.3, -0.25) is 9.59 Å². The maximum Gasteiger partial charge on any atom is 0.251 e. The molecule has 21 heavy (non-hydrogen) atoms. The molecule has 116 valence electrons. The van der Waals surface area contributed by atoms with Gasteiger partial charge in [-0.15, -0.1) is 24.2 Å². The van der Waals surface area contributed by atoms with Gasteiger partial charge in [0.25, 0.3) is 5.91 Å². The highest BCUT2D eigenvalue weighted by atomic mass is 35.5. The van der Waals surface area contributed by atoms with Crippen LogP contribution in [0, 0.1) is 0 Å². The Morgan fingerprint density at radius 2 is 2.19 bits per heavy atom. The van der Waals surface area contributed by atoms with Crippen LogP contribution in [0.15, 0.2) is 23.1 Å². The lowest BCUT2D eigenvalue weighted by Gasteiger charge is -2.19. The number of thioether (sulfide) groups is 1. The van der Waals surface area contributed by atoms with Crippen molar-refractivity contribution in [1.29, 1.82) is 0 Å². The zero-order chi connectivity index (χ0) is 14.8. The number of rotatable bonds is 3. The third-order valence-corrected chi connectivity index (χ3v) is 3.88. The monoisotopic (exact) mass is 329 g/mol. The molecule has 0 unspecified atom stereocenters. The fourth-order valence-electron chi connectivity index (χ4n) is 1.77. The van der Waals surface area contributed by atoms with Crippen molar-refractivity contribution < 1.29 is 9.59 Å². The molecule has 1 aliphatic rings. The number of halogens is 1. The molecule has 0 bridgehead atoms. The van der Waals surface area contributed by atoms with Gasteiger partial charge in [-0.2, -0.15) is 0 Å². The van der Waals surface area contributed by atoms with E-state index in [2.05, 4.69) is 10.6 Å². The fourth-order valence-corrected chi connectivity index (χ4v) is 2.71. The Morgan fingerprint density at radius 3 is 2.86 bits per heavy atom. The predicted molar refractivity (Wildman–Crippen MR) is 88.3 cm³/mol. The predicted octanol–water partition coefficient (Wildman–Crippen LogP) is 2.01. The summed E-state index contributed by atoms with van der Waals surface area (Å²) in [5, 5.41) is 5.61. The first-order chi connectivity index (χ1) is 9.35. The number of hydrogen-bond donors (Lipinski definition) is 3. The highest BCUT2D eigenvalue weighted by Gasteiger charge is 2.17. The van der Waals surface area contributed by atoms with Crippen molar-refractivity contribution in [2.24, 2.45) is 5.73 Å². The maximum absolute atomic E-state index is 12.1. The molecule has 0 atom stereocenters. The summed E-state index contributed by atoms with van der Waals surface area (Å²) in [4.78, 5) is 24.6. The van der Waals surface area contributed by atoms with Crippen molar-refractivity contribution in [3.63, 3.8) is 0 Å². The minimum absolute atomic E-state index is 0. The molecule has 0 fully saturated rings. The first-order valence-electron chi connectivity index (χ1n) is 6.49. The summed E-state index contributed by atoms with van der Waals surface area (Å²) >= 11 is 1.62. The number of carbonyl (C=O) groups excluding carboxylic acids is 2. The Hall–Kier alpha value is -1.24. The van der Waals surface area contributed by atoms with Gasteiger partial charge in [0.2, 0.25) is 5.91 Å². The van der Waals surface area contributed by atoms with Crippen LogP contribution in [0.25, 0.3) is 0 Å². The SMILES string of the molecule is CC(C)(N)CNC(=O)c1ccc2c(c1)NC(=O)CCS2.Cl. The smallest absolute Gasteiger partial charge is 0.251 e. The fraction of sp³-hybridized carbons (Fsp3) is 0.429. The molecule has 5 nitrogen and oxygen atoms in total. The van der Waals surface area contributed by atoms with Gasteiger partial charge < -0.3 is 16.4 Å². The number of hydrogen-bond acceptors (Lipinski definition) is 4. The van der Waals surface area contributed by atoms with E-state index in [0.29, 0.717) is 24.2 Å². The Balaban J connectivity index is 0.00000220. The van der Waals surface area contributed by atoms with Crippen molar-refractivity contribution in [3.05, 3.63) is 23.8 Å². The number of fused-ring (bicyclic) bond motifs is 1. The van der Waals surface area contributed by atoms with Gasteiger partial charge in [0.15, 0.2) is 0 Å². The van der Waals surface area contributed by atoms with E-state index >= 15 is 0 Å². The van der Waals surface area contributed by atoms with Crippen molar-refractivity contribution in [2.45, 2.75) is 30.7 Å². The van der Waals surface area contributed by atoms with Gasteiger partial charge in [-0.25, -0.2) is 0 Å². The molecule has 0 spiro atoms. The third kappa shape index (κ3) is 5.22. The highest BCUT2D eigenvalue weighted by Crippen LogP contribution is 2.31. The van der Waals surface area contributed by atoms with E-state index in [1.807, 2.05) is 19.9 Å². The topological polar surface area (TPSA) is 84.2 Å². The first kappa shape index (κ1) is 17.8. The second-order valence-electron chi connectivity index (χ2n) is 5.53. The normalized spacial score (nSPS) is 14.3. The van der Waals surface area contributed by atoms with Gasteiger partial charge in [0.1, 0.15) is 0 Å². The van der Waals surface area contributed by atoms with Crippen LogP contribution in [0.5, 0.6) is 0 Å². The van der Waals surface area contributed by atoms with Gasteiger partial charge in [-0.05, 0) is 32.0 Å². The van der Waals surface area contributed by atoms with E-state index in [0.717, 1.165) is 10.6 Å². The lowest BCUT2D eigenvalue weighted by molar-refractivity contribution is -0.115. The van der Waals surface area contributed by atoms with E-state index in [1.165, 1.54) is 0 Å². The van der Waals surface area contributed by atoms with Crippen LogP contribution >= 0.6 is 24.2 Å². The van der Waals surface area contributed by atoms with Gasteiger partial charge in [-0.1, -0.05) is 0 Å². The summed E-state index contributed by atoms with van der Waals surface area (Å²) < 4.78 is 0. The molecule has 1 heterocycles. The van der Waals surface area contributed by atoms with Crippen molar-refractivity contribution in [1.82, 2.24) is 5.32 Å². The number of amides is 2. The van der Waals surface area contributed by atoms with Crippen molar-refractivity contribution >= 4 is 41.7 Å². The Kier molecular flexibility index (Phi) is 6.07. The summed E-state index contributed by atoms with van der Waals surface area (Å²) in [6.45, 7) is 4.09. The molecule has 1 aromatic rings. The molecule has 4 N–H and O–H groups in total. The second-order valence-corrected chi connectivity index (χ2v) is 6.67. The van der Waals surface area contributed by atoms with E-state index < -0.39 is 5.54 Å². The van der Waals surface area contributed by atoms with E-state index in [-0.39, 0.29) is 24.2 Å². The Labute approximate surface area is 134 Å². The molecule has 0 aliphatic carbocycles. The average molecular weight is 330 g/mol. The third-order valence-electron chi connectivity index (χ3n) is 2.81. The summed E-state index contributed by atoms with van der Waals surface area (Å²) in [7, 11) is 0. The molecule has 0 aromatic heterocycles. The van der Waals surface area contributed by atoms with Crippen molar-refractivity contribution in [2.75, 3.05) is 17.6 Å². The summed E-state index contributed by atoms with van der Waals surface area (Å²) in [5.41, 5.74) is 6.61. The maximum atomic E-state index is 12.1. The minimum atomic E-state index is -0.453. The molecule has 0 radical (unpaired) electrons. The van der Waals surface area contributed by atoms with Gasteiger partial charge >= 0.3 is 0 Å². The van der Waals surface area contributed by atoms with Crippen LogP contribution in [0.1, 0.15) is 30.6 Å². The molecule has 7 heteroatoms. The van der Waals surface area contributed by atoms with Crippen LogP contribution in [0.3, 0.4) is 0 Å². The molecule has 2 amide bonds. The van der Waals surface area contributed by atoms with Crippen LogP contribution < -0.4 is 16.4 Å². The van der Waals surface area contributed by atoms with Crippen LogP contribution in [0.4, 0.5) is 5.69 Å². The minimum Gasteiger partial charge on any atom is -0.350 e. The zero-order valence-electron chi connectivity index (χ0n) is 12.1. The van der Waals surface area contributed by atoms with Crippen LogP contribution in [0.2, 0.25) is 0 Å². The van der Waals surface area contributed by atoms with E-state index in [9.17, 15) is 9.59 Å². The standard InChI is InChI=1S/C14H19N3O2S.ClH/c1-14(2,15)8-16-13(19)9-3-4-11-10(7-9)17-12(18)5-6-20-11;/h3-4,7H,5-6,8,15H2,1-2H3,(H,16,19)(H,17,18);1H. The van der Waals surface area contributed by atoms with E-state index in [4.69, 9.17) is 5.73 Å². The number of nitrogens with two attached hydrogens (primary N) is 1. The first-order valence-corrected chi connectivity index (χ1v) is 7.47. The van der Waals surface area contributed by atoms with Crippen LogP contribution in [-0.2, 0) is 4.79 Å². The van der Waals surface area contributed by atoms with Gasteiger partial charge in [0, 0.05) is 34.7 Å². The lowest BCUT2D eigenvalue weighted by atomic mass is 10.1. The van der Waals surface area contributed by atoms with Crippen molar-refractivity contribution in [3.8, 4) is 0 Å². The largest absolute Gasteiger partial charge is 0.350 e. The quantitative estimate of drug-likeness (QED) is 0.792. The molecular weight excluding hydrogens is 310 g/mol. The summed E-state index contributed by atoms with van der Waals surface area (Å²) in [5.74, 6) is 0.554. The number of benzene rings is 1. The Bertz CT molecular complexity index is 544.